The summed E-state index contributed by atoms with van der Waals surface area (Å²) in [5.74, 6) is 1.33. The van der Waals surface area contributed by atoms with Gasteiger partial charge in [-0.1, -0.05) is 18.2 Å². The fraction of sp³-hybridized carbons (Fsp3) is 0.278. The maximum absolute atomic E-state index is 12.2. The zero-order valence-corrected chi connectivity index (χ0v) is 14.1. The summed E-state index contributed by atoms with van der Waals surface area (Å²) in [4.78, 5) is 12.2. The molecule has 3 N–H and O–H groups in total. The number of rotatable bonds is 7. The van der Waals surface area contributed by atoms with E-state index in [1.165, 1.54) is 21.3 Å². The van der Waals surface area contributed by atoms with E-state index in [1.54, 1.807) is 12.1 Å². The van der Waals surface area contributed by atoms with Crippen molar-refractivity contribution in [1.82, 2.24) is 0 Å². The summed E-state index contributed by atoms with van der Waals surface area (Å²) in [7, 11) is 4.59. The van der Waals surface area contributed by atoms with Gasteiger partial charge < -0.3 is 25.3 Å². The molecule has 24 heavy (non-hydrogen) atoms. The molecule has 2 aromatic carbocycles. The summed E-state index contributed by atoms with van der Waals surface area (Å²) >= 11 is 0. The molecule has 0 atom stereocenters. The number of amides is 1. The third kappa shape index (κ3) is 4.10. The van der Waals surface area contributed by atoms with E-state index in [2.05, 4.69) is 5.32 Å². The van der Waals surface area contributed by atoms with Crippen molar-refractivity contribution in [2.24, 2.45) is 0 Å². The van der Waals surface area contributed by atoms with Crippen molar-refractivity contribution in [2.75, 3.05) is 32.4 Å². The highest BCUT2D eigenvalue weighted by Crippen LogP contribution is 2.39. The van der Waals surface area contributed by atoms with Crippen molar-refractivity contribution in [3.63, 3.8) is 0 Å². The molecule has 0 fully saturated rings. The molecular formula is C18H22N2O4. The maximum atomic E-state index is 12.2. The van der Waals surface area contributed by atoms with Crippen LogP contribution in [0.4, 0.5) is 11.4 Å². The van der Waals surface area contributed by atoms with Gasteiger partial charge in [0.05, 0.1) is 21.3 Å². The average molecular weight is 330 g/mol. The number of nitrogens with two attached hydrogens (primary N) is 1. The zero-order valence-electron chi connectivity index (χ0n) is 14.1. The monoisotopic (exact) mass is 330 g/mol. The van der Waals surface area contributed by atoms with Gasteiger partial charge in [0.15, 0.2) is 11.5 Å². The third-order valence-corrected chi connectivity index (χ3v) is 3.62. The van der Waals surface area contributed by atoms with Crippen molar-refractivity contribution < 1.29 is 19.0 Å². The molecule has 6 nitrogen and oxygen atoms in total. The van der Waals surface area contributed by atoms with E-state index in [9.17, 15) is 4.79 Å². The highest BCUT2D eigenvalue weighted by molar-refractivity contribution is 5.91. The Hall–Kier alpha value is -2.89. The van der Waals surface area contributed by atoms with Gasteiger partial charge in [0, 0.05) is 29.9 Å². The number of hydrogen-bond donors (Lipinski definition) is 2. The number of carbonyl (C=O) groups excluding carboxylic acids is 1. The third-order valence-electron chi connectivity index (χ3n) is 3.62. The topological polar surface area (TPSA) is 82.8 Å². The van der Waals surface area contributed by atoms with E-state index in [-0.39, 0.29) is 5.91 Å². The van der Waals surface area contributed by atoms with Gasteiger partial charge in [-0.15, -0.1) is 0 Å². The minimum Gasteiger partial charge on any atom is -0.493 e. The number of nitrogens with one attached hydrogen (secondary N) is 1. The molecule has 6 heteroatoms. The standard InChI is InChI=1S/C18H22N2O4/c1-22-15-10-13(11-16(23-2)18(15)24-3)20-17(21)9-8-12-6-4-5-7-14(12)19/h4-7,10-11H,8-9,19H2,1-3H3,(H,20,21). The predicted octanol–water partition coefficient (Wildman–Crippen LogP) is 2.87. The van der Waals surface area contributed by atoms with Crippen LogP contribution in [0.15, 0.2) is 36.4 Å². The Kier molecular flexibility index (Phi) is 5.89. The summed E-state index contributed by atoms with van der Waals surface area (Å²) in [6.07, 6.45) is 0.897. The van der Waals surface area contributed by atoms with E-state index in [1.807, 2.05) is 24.3 Å². The van der Waals surface area contributed by atoms with E-state index in [0.29, 0.717) is 41.5 Å². The second-order valence-electron chi connectivity index (χ2n) is 5.16. The van der Waals surface area contributed by atoms with Gasteiger partial charge in [-0.2, -0.15) is 0 Å². The lowest BCUT2D eigenvalue weighted by Gasteiger charge is -2.14. The first-order valence-electron chi connectivity index (χ1n) is 7.52. The number of para-hydroxylation sites is 1. The molecule has 0 heterocycles. The second kappa shape index (κ2) is 8.10. The Morgan fingerprint density at radius 3 is 2.21 bits per heavy atom. The van der Waals surface area contributed by atoms with Crippen molar-refractivity contribution in [1.29, 1.82) is 0 Å². The van der Waals surface area contributed by atoms with Crippen LogP contribution < -0.4 is 25.3 Å². The van der Waals surface area contributed by atoms with Crippen LogP contribution in [0.3, 0.4) is 0 Å². The molecule has 0 aliphatic rings. The van der Waals surface area contributed by atoms with E-state index in [4.69, 9.17) is 19.9 Å². The molecule has 0 aliphatic heterocycles. The number of methoxy groups -OCH3 is 3. The van der Waals surface area contributed by atoms with Gasteiger partial charge in [0.25, 0.3) is 0 Å². The Balaban J connectivity index is 2.07. The average Bonchev–Trinajstić information content (AvgIpc) is 2.60. The molecule has 128 valence electrons. The zero-order chi connectivity index (χ0) is 17.5. The lowest BCUT2D eigenvalue weighted by atomic mass is 10.1. The summed E-state index contributed by atoms with van der Waals surface area (Å²) < 4.78 is 15.8. The molecule has 1 amide bonds. The smallest absolute Gasteiger partial charge is 0.224 e. The van der Waals surface area contributed by atoms with Crippen LogP contribution in [0, 0.1) is 0 Å². The molecule has 0 saturated carbocycles. The SMILES string of the molecule is COc1cc(NC(=O)CCc2ccccc2N)cc(OC)c1OC. The lowest BCUT2D eigenvalue weighted by Crippen LogP contribution is -2.13. The molecule has 0 bridgehead atoms. The Morgan fingerprint density at radius 1 is 1.04 bits per heavy atom. The number of anilines is 2. The largest absolute Gasteiger partial charge is 0.493 e. The molecule has 2 rings (SSSR count). The van der Waals surface area contributed by atoms with E-state index < -0.39 is 0 Å². The Morgan fingerprint density at radius 2 is 1.67 bits per heavy atom. The molecular weight excluding hydrogens is 308 g/mol. The van der Waals surface area contributed by atoms with Crippen LogP contribution in [0.25, 0.3) is 0 Å². The van der Waals surface area contributed by atoms with Crippen LogP contribution in [-0.4, -0.2) is 27.2 Å². The summed E-state index contributed by atoms with van der Waals surface area (Å²) in [5.41, 5.74) is 8.12. The van der Waals surface area contributed by atoms with E-state index in [0.717, 1.165) is 5.56 Å². The Labute approximate surface area is 141 Å². The van der Waals surface area contributed by atoms with Gasteiger partial charge in [0.1, 0.15) is 0 Å². The number of nitrogen functional groups attached to an aromatic ring is 1. The van der Waals surface area contributed by atoms with Gasteiger partial charge in [-0.05, 0) is 18.1 Å². The van der Waals surface area contributed by atoms with Gasteiger partial charge in [-0.25, -0.2) is 0 Å². The molecule has 0 saturated heterocycles. The first-order chi connectivity index (χ1) is 11.6. The molecule has 0 unspecified atom stereocenters. The van der Waals surface area contributed by atoms with Crippen LogP contribution in [0.1, 0.15) is 12.0 Å². The highest BCUT2D eigenvalue weighted by atomic mass is 16.5. The first kappa shape index (κ1) is 17.5. The number of ether oxygens (including phenoxy) is 3. The van der Waals surface area contributed by atoms with Crippen LogP contribution in [0.5, 0.6) is 17.2 Å². The van der Waals surface area contributed by atoms with E-state index >= 15 is 0 Å². The molecule has 0 aromatic heterocycles. The summed E-state index contributed by atoms with van der Waals surface area (Å²) in [6, 6.07) is 10.9. The molecule has 0 radical (unpaired) electrons. The van der Waals surface area contributed by atoms with Crippen molar-refractivity contribution in [2.45, 2.75) is 12.8 Å². The van der Waals surface area contributed by atoms with Gasteiger partial charge in [0.2, 0.25) is 11.7 Å². The van der Waals surface area contributed by atoms with Crippen molar-refractivity contribution >= 4 is 17.3 Å². The fourth-order valence-corrected chi connectivity index (χ4v) is 2.39. The van der Waals surface area contributed by atoms with Crippen LogP contribution >= 0.6 is 0 Å². The van der Waals surface area contributed by atoms with Crippen LogP contribution in [-0.2, 0) is 11.2 Å². The number of hydrogen-bond acceptors (Lipinski definition) is 5. The molecule has 2 aromatic rings. The van der Waals surface area contributed by atoms with Crippen molar-refractivity contribution in [3.8, 4) is 17.2 Å². The minimum absolute atomic E-state index is 0.118. The fourth-order valence-electron chi connectivity index (χ4n) is 2.39. The van der Waals surface area contributed by atoms with Crippen LogP contribution in [0.2, 0.25) is 0 Å². The summed E-state index contributed by atoms with van der Waals surface area (Å²) in [5, 5.41) is 2.84. The normalized spacial score (nSPS) is 10.1. The maximum Gasteiger partial charge on any atom is 0.224 e. The number of carbonyl (C=O) groups is 1. The minimum atomic E-state index is -0.118. The summed E-state index contributed by atoms with van der Waals surface area (Å²) in [6.45, 7) is 0. The number of aryl methyl sites for hydroxylation is 1. The lowest BCUT2D eigenvalue weighted by molar-refractivity contribution is -0.116. The molecule has 0 aliphatic carbocycles. The Bertz CT molecular complexity index is 691. The first-order valence-corrected chi connectivity index (χ1v) is 7.52. The molecule has 0 spiro atoms. The van der Waals surface area contributed by atoms with Crippen molar-refractivity contribution in [3.05, 3.63) is 42.0 Å². The second-order valence-corrected chi connectivity index (χ2v) is 5.16. The quantitative estimate of drug-likeness (QED) is 0.763. The predicted molar refractivity (Wildman–Crippen MR) is 93.9 cm³/mol. The highest BCUT2D eigenvalue weighted by Gasteiger charge is 2.14. The number of benzene rings is 2. The van der Waals surface area contributed by atoms with Gasteiger partial charge in [-0.3, -0.25) is 4.79 Å². The van der Waals surface area contributed by atoms with Gasteiger partial charge >= 0.3 is 0 Å².